The molecule has 1 aromatic carbocycles. The van der Waals surface area contributed by atoms with Crippen molar-refractivity contribution in [3.05, 3.63) is 53.9 Å². The summed E-state index contributed by atoms with van der Waals surface area (Å²) in [4.78, 5) is 4.39. The molecule has 0 bridgehead atoms. The Morgan fingerprint density at radius 2 is 2.00 bits per heavy atom. The molecule has 19 heavy (non-hydrogen) atoms. The van der Waals surface area contributed by atoms with Crippen molar-refractivity contribution in [3.63, 3.8) is 0 Å². The van der Waals surface area contributed by atoms with E-state index in [0.717, 1.165) is 30.8 Å². The van der Waals surface area contributed by atoms with Gasteiger partial charge in [-0.25, -0.2) is 9.37 Å². The summed E-state index contributed by atoms with van der Waals surface area (Å²) in [6.07, 6.45) is 5.57. The molecule has 1 unspecified atom stereocenters. The van der Waals surface area contributed by atoms with Crippen molar-refractivity contribution in [2.24, 2.45) is 0 Å². The van der Waals surface area contributed by atoms with Crippen molar-refractivity contribution in [3.8, 4) is 0 Å². The first-order chi connectivity index (χ1) is 9.22. The van der Waals surface area contributed by atoms with Gasteiger partial charge in [0.15, 0.2) is 0 Å². The van der Waals surface area contributed by atoms with Crippen molar-refractivity contribution in [1.82, 2.24) is 14.9 Å². The second-order valence-electron chi connectivity index (χ2n) is 4.65. The van der Waals surface area contributed by atoms with Gasteiger partial charge >= 0.3 is 0 Å². The number of aromatic nitrogens is 2. The van der Waals surface area contributed by atoms with E-state index in [1.807, 2.05) is 31.6 Å². The fourth-order valence-corrected chi connectivity index (χ4v) is 2.22. The molecule has 0 fully saturated rings. The van der Waals surface area contributed by atoms with Gasteiger partial charge in [0.1, 0.15) is 11.6 Å². The summed E-state index contributed by atoms with van der Waals surface area (Å²) >= 11 is 0. The topological polar surface area (TPSA) is 29.9 Å². The van der Waals surface area contributed by atoms with Crippen molar-refractivity contribution in [2.45, 2.75) is 32.4 Å². The highest BCUT2D eigenvalue weighted by Gasteiger charge is 2.11. The highest BCUT2D eigenvalue weighted by Crippen LogP contribution is 2.09. The normalized spacial score (nSPS) is 12.6. The highest BCUT2D eigenvalue weighted by atomic mass is 19.1. The first-order valence-electron chi connectivity index (χ1n) is 6.64. The van der Waals surface area contributed by atoms with Crippen LogP contribution in [0, 0.1) is 5.82 Å². The zero-order valence-corrected chi connectivity index (χ0v) is 11.4. The molecule has 0 radical (unpaired) electrons. The van der Waals surface area contributed by atoms with E-state index in [9.17, 15) is 4.39 Å². The van der Waals surface area contributed by atoms with Gasteiger partial charge in [0.2, 0.25) is 0 Å². The third-order valence-electron chi connectivity index (χ3n) is 3.37. The van der Waals surface area contributed by atoms with Gasteiger partial charge in [-0.2, -0.15) is 0 Å². The molecule has 102 valence electrons. The predicted molar refractivity (Wildman–Crippen MR) is 74.6 cm³/mol. The highest BCUT2D eigenvalue weighted by molar-refractivity contribution is 5.17. The van der Waals surface area contributed by atoms with Gasteiger partial charge in [0, 0.05) is 31.4 Å². The summed E-state index contributed by atoms with van der Waals surface area (Å²) < 4.78 is 15.0. The number of benzene rings is 1. The van der Waals surface area contributed by atoms with Crippen LogP contribution in [0.4, 0.5) is 4.39 Å². The number of hydrogen-bond donors (Lipinski definition) is 1. The third-order valence-corrected chi connectivity index (χ3v) is 3.37. The van der Waals surface area contributed by atoms with E-state index >= 15 is 0 Å². The molecule has 1 atom stereocenters. The van der Waals surface area contributed by atoms with Crippen LogP contribution in [0.3, 0.4) is 0 Å². The van der Waals surface area contributed by atoms with Crippen molar-refractivity contribution < 1.29 is 4.39 Å². The second kappa shape index (κ2) is 6.48. The van der Waals surface area contributed by atoms with E-state index < -0.39 is 0 Å². The van der Waals surface area contributed by atoms with Crippen molar-refractivity contribution in [1.29, 1.82) is 0 Å². The molecule has 2 aromatic rings. The van der Waals surface area contributed by atoms with E-state index in [0.29, 0.717) is 6.04 Å². The SMILES string of the molecule is CCn1ccnc1CC(Cc1ccc(F)cc1)NC. The summed E-state index contributed by atoms with van der Waals surface area (Å²) in [5.41, 5.74) is 1.13. The standard InChI is InChI=1S/C15H20FN3/c1-3-19-9-8-18-15(19)11-14(17-2)10-12-4-6-13(16)7-5-12/h4-9,14,17H,3,10-11H2,1-2H3. The monoisotopic (exact) mass is 261 g/mol. The lowest BCUT2D eigenvalue weighted by Crippen LogP contribution is -2.31. The minimum atomic E-state index is -0.189. The molecule has 0 spiro atoms. The predicted octanol–water partition coefficient (Wildman–Crippen LogP) is 2.42. The number of hydrogen-bond acceptors (Lipinski definition) is 2. The van der Waals surface area contributed by atoms with Gasteiger partial charge in [-0.1, -0.05) is 12.1 Å². The molecule has 3 nitrogen and oxygen atoms in total. The van der Waals surface area contributed by atoms with Gasteiger partial charge in [-0.15, -0.1) is 0 Å². The minimum absolute atomic E-state index is 0.189. The summed E-state index contributed by atoms with van der Waals surface area (Å²) in [7, 11) is 1.95. The molecule has 2 rings (SSSR count). The van der Waals surface area contributed by atoms with Crippen LogP contribution in [0.5, 0.6) is 0 Å². The molecule has 0 saturated carbocycles. The first kappa shape index (κ1) is 13.7. The van der Waals surface area contributed by atoms with Gasteiger partial charge in [-0.3, -0.25) is 0 Å². The number of aryl methyl sites for hydroxylation is 1. The van der Waals surface area contributed by atoms with Gasteiger partial charge in [-0.05, 0) is 38.1 Å². The molecular formula is C15H20FN3. The Labute approximate surface area is 113 Å². The summed E-state index contributed by atoms with van der Waals surface area (Å²) in [5, 5.41) is 3.31. The molecule has 0 amide bonds. The fourth-order valence-electron chi connectivity index (χ4n) is 2.22. The summed E-state index contributed by atoms with van der Waals surface area (Å²) in [5.74, 6) is 0.898. The minimum Gasteiger partial charge on any atom is -0.335 e. The fraction of sp³-hybridized carbons (Fsp3) is 0.400. The molecule has 1 aromatic heterocycles. The van der Waals surface area contributed by atoms with E-state index in [-0.39, 0.29) is 5.82 Å². The van der Waals surface area contributed by atoms with E-state index in [4.69, 9.17) is 0 Å². The molecule has 0 aliphatic carbocycles. The van der Waals surface area contributed by atoms with Gasteiger partial charge in [0.05, 0.1) is 0 Å². The van der Waals surface area contributed by atoms with Crippen LogP contribution in [0.1, 0.15) is 18.3 Å². The van der Waals surface area contributed by atoms with Crippen LogP contribution in [-0.2, 0) is 19.4 Å². The van der Waals surface area contributed by atoms with Crippen LogP contribution in [0.25, 0.3) is 0 Å². The number of halogens is 1. The number of rotatable bonds is 6. The molecule has 0 aliphatic heterocycles. The Morgan fingerprint density at radius 1 is 1.26 bits per heavy atom. The van der Waals surface area contributed by atoms with Gasteiger partial charge < -0.3 is 9.88 Å². The Morgan fingerprint density at radius 3 is 2.63 bits per heavy atom. The van der Waals surface area contributed by atoms with Crippen molar-refractivity contribution in [2.75, 3.05) is 7.05 Å². The largest absolute Gasteiger partial charge is 0.335 e. The summed E-state index contributed by atoms with van der Waals surface area (Å²) in [6, 6.07) is 7.00. The van der Waals surface area contributed by atoms with Crippen LogP contribution in [-0.4, -0.2) is 22.6 Å². The molecule has 0 saturated heterocycles. The average molecular weight is 261 g/mol. The van der Waals surface area contributed by atoms with Crippen LogP contribution < -0.4 is 5.32 Å². The maximum atomic E-state index is 12.9. The zero-order chi connectivity index (χ0) is 13.7. The van der Waals surface area contributed by atoms with E-state index in [2.05, 4.69) is 21.8 Å². The zero-order valence-electron chi connectivity index (χ0n) is 11.4. The van der Waals surface area contributed by atoms with Crippen LogP contribution in [0.15, 0.2) is 36.7 Å². The Balaban J connectivity index is 2.02. The Bertz CT molecular complexity index is 504. The quantitative estimate of drug-likeness (QED) is 0.865. The maximum Gasteiger partial charge on any atom is 0.123 e. The molecular weight excluding hydrogens is 241 g/mol. The second-order valence-corrected chi connectivity index (χ2v) is 4.65. The van der Waals surface area contributed by atoms with E-state index in [1.165, 1.54) is 12.1 Å². The molecule has 0 aliphatic rings. The lowest BCUT2D eigenvalue weighted by Gasteiger charge is -2.16. The van der Waals surface area contributed by atoms with Gasteiger partial charge in [0.25, 0.3) is 0 Å². The molecule has 1 N–H and O–H groups in total. The Hall–Kier alpha value is -1.68. The lowest BCUT2D eigenvalue weighted by atomic mass is 10.0. The first-order valence-corrected chi connectivity index (χ1v) is 6.64. The third kappa shape index (κ3) is 3.64. The van der Waals surface area contributed by atoms with Crippen molar-refractivity contribution >= 4 is 0 Å². The van der Waals surface area contributed by atoms with E-state index in [1.54, 1.807) is 0 Å². The number of nitrogens with one attached hydrogen (secondary N) is 1. The van der Waals surface area contributed by atoms with Crippen LogP contribution >= 0.6 is 0 Å². The lowest BCUT2D eigenvalue weighted by molar-refractivity contribution is 0.526. The maximum absolute atomic E-state index is 12.9. The summed E-state index contributed by atoms with van der Waals surface area (Å²) in [6.45, 7) is 3.04. The van der Waals surface area contributed by atoms with Crippen LogP contribution in [0.2, 0.25) is 0 Å². The average Bonchev–Trinajstić information content (AvgIpc) is 2.87. The molecule has 4 heteroatoms. The number of likely N-dealkylation sites (N-methyl/N-ethyl adjacent to an activating group) is 1. The molecule has 1 heterocycles. The number of imidazole rings is 1. The smallest absolute Gasteiger partial charge is 0.123 e. The Kier molecular flexibility index (Phi) is 4.68. The number of nitrogens with zero attached hydrogens (tertiary/aromatic N) is 2.